The molecule has 1 aliphatic heterocycles. The number of rotatable bonds is 2. The topological polar surface area (TPSA) is 55.4 Å². The van der Waals surface area contributed by atoms with Gasteiger partial charge in [0.05, 0.1) is 12.7 Å². The minimum atomic E-state index is -0.439. The van der Waals surface area contributed by atoms with E-state index in [1.807, 2.05) is 0 Å². The van der Waals surface area contributed by atoms with Gasteiger partial charge in [0.2, 0.25) is 0 Å². The molecule has 1 aliphatic rings. The van der Waals surface area contributed by atoms with E-state index in [2.05, 4.69) is 5.32 Å². The lowest BCUT2D eigenvalue weighted by Crippen LogP contribution is -2.21. The molecule has 1 N–H and O–H groups in total. The number of carbonyl (C=O) groups is 2. The van der Waals surface area contributed by atoms with Gasteiger partial charge in [-0.25, -0.2) is 0 Å². The van der Waals surface area contributed by atoms with E-state index < -0.39 is 11.8 Å². The molecule has 0 atom stereocenters. The van der Waals surface area contributed by atoms with Crippen molar-refractivity contribution in [1.82, 2.24) is 5.32 Å². The minimum absolute atomic E-state index is 0.268. The Hall–Kier alpha value is -1.81. The maximum absolute atomic E-state index is 11.5. The highest BCUT2D eigenvalue weighted by atomic mass is 35.5. The Balaban J connectivity index is 2.55. The first-order chi connectivity index (χ1) is 7.61. The summed E-state index contributed by atoms with van der Waals surface area (Å²) in [6.07, 6.45) is 1.23. The van der Waals surface area contributed by atoms with Gasteiger partial charge in [-0.2, -0.15) is 0 Å². The van der Waals surface area contributed by atoms with Crippen molar-refractivity contribution >= 4 is 29.0 Å². The van der Waals surface area contributed by atoms with E-state index in [1.165, 1.54) is 13.2 Å². The summed E-state index contributed by atoms with van der Waals surface area (Å²) in [5.74, 6) is -0.368. The van der Waals surface area contributed by atoms with E-state index in [-0.39, 0.29) is 5.57 Å². The maximum Gasteiger partial charge on any atom is 0.259 e. The highest BCUT2D eigenvalue weighted by Gasteiger charge is 2.24. The van der Waals surface area contributed by atoms with Crippen LogP contribution in [0.5, 0.6) is 5.75 Å². The molecule has 0 saturated heterocycles. The van der Waals surface area contributed by atoms with Gasteiger partial charge in [-0.05, 0) is 18.2 Å². The normalized spacial score (nSPS) is 14.8. The van der Waals surface area contributed by atoms with Crippen LogP contribution in [0.15, 0.2) is 24.3 Å². The minimum Gasteiger partial charge on any atom is -0.496 e. The van der Waals surface area contributed by atoms with Crippen molar-refractivity contribution in [2.75, 3.05) is 7.11 Å². The summed E-state index contributed by atoms with van der Waals surface area (Å²) in [7, 11) is 1.49. The average Bonchev–Trinajstić information content (AvgIpc) is 2.57. The molecular weight excluding hydrogens is 230 g/mol. The van der Waals surface area contributed by atoms with Crippen LogP contribution in [0, 0.1) is 0 Å². The first-order valence-corrected chi connectivity index (χ1v) is 4.90. The van der Waals surface area contributed by atoms with Crippen LogP contribution in [0.3, 0.4) is 0 Å². The fourth-order valence-corrected chi connectivity index (χ4v) is 1.67. The first-order valence-electron chi connectivity index (χ1n) is 4.52. The van der Waals surface area contributed by atoms with Crippen LogP contribution >= 0.6 is 11.6 Å². The SMILES string of the molecule is COc1ccc(Cl)cc1C1=CC(=O)NC1=O. The molecular formula is C11H8ClNO3. The number of hydrogen-bond donors (Lipinski definition) is 1. The molecule has 1 aromatic rings. The zero-order valence-corrected chi connectivity index (χ0v) is 9.17. The predicted octanol–water partition coefficient (Wildman–Crippen LogP) is 1.39. The molecule has 0 aromatic heterocycles. The number of carbonyl (C=O) groups excluding carboxylic acids is 2. The smallest absolute Gasteiger partial charge is 0.259 e. The third-order valence-electron chi connectivity index (χ3n) is 2.21. The van der Waals surface area contributed by atoms with E-state index in [4.69, 9.17) is 16.3 Å². The predicted molar refractivity (Wildman–Crippen MR) is 59.1 cm³/mol. The summed E-state index contributed by atoms with van der Waals surface area (Å²) in [5.41, 5.74) is 0.780. The molecule has 0 unspecified atom stereocenters. The molecule has 0 bridgehead atoms. The van der Waals surface area contributed by atoms with Crippen molar-refractivity contribution in [3.63, 3.8) is 0 Å². The molecule has 5 heteroatoms. The number of methoxy groups -OCH3 is 1. The summed E-state index contributed by atoms with van der Waals surface area (Å²) < 4.78 is 5.11. The summed E-state index contributed by atoms with van der Waals surface area (Å²) in [6.45, 7) is 0. The quantitative estimate of drug-likeness (QED) is 0.791. The van der Waals surface area contributed by atoms with E-state index in [1.54, 1.807) is 18.2 Å². The highest BCUT2D eigenvalue weighted by Crippen LogP contribution is 2.30. The van der Waals surface area contributed by atoms with Gasteiger partial charge in [0, 0.05) is 16.7 Å². The van der Waals surface area contributed by atoms with Gasteiger partial charge in [-0.15, -0.1) is 0 Å². The van der Waals surface area contributed by atoms with E-state index >= 15 is 0 Å². The van der Waals surface area contributed by atoms with Crippen LogP contribution in [-0.2, 0) is 9.59 Å². The number of ether oxygens (including phenoxy) is 1. The Morgan fingerprint density at radius 3 is 2.62 bits per heavy atom. The van der Waals surface area contributed by atoms with Gasteiger partial charge >= 0.3 is 0 Å². The number of amides is 2. The monoisotopic (exact) mass is 237 g/mol. The zero-order valence-electron chi connectivity index (χ0n) is 8.41. The van der Waals surface area contributed by atoms with Crippen LogP contribution in [-0.4, -0.2) is 18.9 Å². The molecule has 0 spiro atoms. The number of hydrogen-bond acceptors (Lipinski definition) is 3. The summed E-state index contributed by atoms with van der Waals surface area (Å²) in [4.78, 5) is 22.5. The van der Waals surface area contributed by atoms with Gasteiger partial charge in [-0.1, -0.05) is 11.6 Å². The number of nitrogens with one attached hydrogen (secondary N) is 1. The van der Waals surface area contributed by atoms with Gasteiger partial charge in [0.15, 0.2) is 0 Å². The molecule has 0 radical (unpaired) electrons. The summed E-state index contributed by atoms with van der Waals surface area (Å²) in [5, 5.41) is 2.64. The fourth-order valence-electron chi connectivity index (χ4n) is 1.50. The van der Waals surface area contributed by atoms with Gasteiger partial charge in [-0.3, -0.25) is 14.9 Å². The van der Waals surface area contributed by atoms with Crippen LogP contribution in [0.2, 0.25) is 5.02 Å². The van der Waals surface area contributed by atoms with Crippen molar-refractivity contribution in [2.24, 2.45) is 0 Å². The van der Waals surface area contributed by atoms with Crippen LogP contribution in [0.4, 0.5) is 0 Å². The molecule has 2 amide bonds. The van der Waals surface area contributed by atoms with Crippen LogP contribution in [0.1, 0.15) is 5.56 Å². The Bertz CT molecular complexity index is 508. The van der Waals surface area contributed by atoms with Crippen molar-refractivity contribution in [3.8, 4) is 5.75 Å². The van der Waals surface area contributed by atoms with Gasteiger partial charge in [0.1, 0.15) is 5.75 Å². The van der Waals surface area contributed by atoms with E-state index in [0.29, 0.717) is 16.3 Å². The lowest BCUT2D eigenvalue weighted by Gasteiger charge is -2.08. The molecule has 16 heavy (non-hydrogen) atoms. The average molecular weight is 238 g/mol. The largest absolute Gasteiger partial charge is 0.496 e. The van der Waals surface area contributed by atoms with Gasteiger partial charge < -0.3 is 4.74 Å². The number of benzene rings is 1. The second kappa shape index (κ2) is 3.98. The molecule has 2 rings (SSSR count). The second-order valence-corrected chi connectivity index (χ2v) is 3.66. The lowest BCUT2D eigenvalue weighted by atomic mass is 10.1. The second-order valence-electron chi connectivity index (χ2n) is 3.22. The van der Waals surface area contributed by atoms with Crippen molar-refractivity contribution in [1.29, 1.82) is 0 Å². The van der Waals surface area contributed by atoms with Crippen molar-refractivity contribution < 1.29 is 14.3 Å². The Labute approximate surface area is 96.9 Å². The summed E-state index contributed by atoms with van der Waals surface area (Å²) >= 11 is 5.84. The maximum atomic E-state index is 11.5. The highest BCUT2D eigenvalue weighted by molar-refractivity contribution is 6.35. The first kappa shape index (κ1) is 10.7. The standard InChI is InChI=1S/C11H8ClNO3/c1-16-9-3-2-6(12)4-7(9)8-5-10(14)13-11(8)15/h2-5H,1H3,(H,13,14,15). The van der Waals surface area contributed by atoms with Crippen LogP contribution in [0.25, 0.3) is 5.57 Å². The molecule has 0 aliphatic carbocycles. The fraction of sp³-hybridized carbons (Fsp3) is 0.0909. The van der Waals surface area contributed by atoms with Crippen molar-refractivity contribution in [2.45, 2.75) is 0 Å². The van der Waals surface area contributed by atoms with E-state index in [9.17, 15) is 9.59 Å². The molecule has 0 fully saturated rings. The lowest BCUT2D eigenvalue weighted by molar-refractivity contribution is -0.123. The van der Waals surface area contributed by atoms with Crippen molar-refractivity contribution in [3.05, 3.63) is 34.9 Å². The Morgan fingerprint density at radius 1 is 1.31 bits per heavy atom. The molecule has 0 saturated carbocycles. The molecule has 1 heterocycles. The van der Waals surface area contributed by atoms with Crippen LogP contribution < -0.4 is 10.1 Å². The third-order valence-corrected chi connectivity index (χ3v) is 2.44. The number of imide groups is 1. The Kier molecular flexibility index (Phi) is 2.66. The van der Waals surface area contributed by atoms with E-state index in [0.717, 1.165) is 0 Å². The third kappa shape index (κ3) is 1.79. The summed E-state index contributed by atoms with van der Waals surface area (Å²) in [6, 6.07) is 4.89. The van der Waals surface area contributed by atoms with Gasteiger partial charge in [0.25, 0.3) is 11.8 Å². The molecule has 82 valence electrons. The molecule has 1 aromatic carbocycles. The zero-order chi connectivity index (χ0) is 11.7. The Morgan fingerprint density at radius 2 is 2.06 bits per heavy atom. The molecule has 4 nitrogen and oxygen atoms in total. The number of halogens is 1.